The maximum atomic E-state index is 13.2. The Kier molecular flexibility index (Phi) is 2.87. The van der Waals surface area contributed by atoms with Crippen LogP contribution >= 0.6 is 15.9 Å². The Morgan fingerprint density at radius 3 is 2.71 bits per heavy atom. The van der Waals surface area contributed by atoms with Gasteiger partial charge in [-0.15, -0.1) is 0 Å². The Morgan fingerprint density at radius 1 is 1.47 bits per heavy atom. The molecule has 0 saturated heterocycles. The molecule has 3 nitrogen and oxygen atoms in total. The monoisotopic (exact) mass is 297 g/mol. The van der Waals surface area contributed by atoms with Crippen LogP contribution in [0.2, 0.25) is 0 Å². The summed E-state index contributed by atoms with van der Waals surface area (Å²) in [6, 6.07) is 2.31. The van der Waals surface area contributed by atoms with E-state index < -0.39 is 17.5 Å². The zero-order chi connectivity index (χ0) is 12.7. The van der Waals surface area contributed by atoms with E-state index >= 15 is 0 Å². The third-order valence-electron chi connectivity index (χ3n) is 2.41. The van der Waals surface area contributed by atoms with E-state index in [9.17, 15) is 14.0 Å². The van der Waals surface area contributed by atoms with Gasteiger partial charge in [-0.2, -0.15) is 0 Å². The molecule has 0 radical (unpaired) electrons. The van der Waals surface area contributed by atoms with Crippen LogP contribution in [0.1, 0.15) is 17.3 Å². The van der Waals surface area contributed by atoms with E-state index in [1.165, 1.54) is 11.0 Å². The molecule has 0 N–H and O–H groups in total. The van der Waals surface area contributed by atoms with Crippen molar-refractivity contribution in [2.45, 2.75) is 6.92 Å². The van der Waals surface area contributed by atoms with Crippen LogP contribution in [0.4, 0.5) is 10.1 Å². The van der Waals surface area contributed by atoms with E-state index in [-0.39, 0.29) is 12.1 Å². The highest BCUT2D eigenvalue weighted by Gasteiger charge is 2.37. The fourth-order valence-electron chi connectivity index (χ4n) is 1.77. The van der Waals surface area contributed by atoms with Gasteiger partial charge in [-0.3, -0.25) is 14.5 Å². The molecule has 0 saturated carbocycles. The second kappa shape index (κ2) is 4.07. The van der Waals surface area contributed by atoms with Crippen LogP contribution in [-0.2, 0) is 4.79 Å². The molecule has 0 atom stereocenters. The number of fused-ring (bicyclic) bond motifs is 1. The van der Waals surface area contributed by atoms with Crippen LogP contribution in [0, 0.1) is 5.82 Å². The summed E-state index contributed by atoms with van der Waals surface area (Å²) in [4.78, 5) is 24.7. The number of ketones is 1. The van der Waals surface area contributed by atoms with Gasteiger partial charge in [0.25, 0.3) is 11.7 Å². The molecule has 17 heavy (non-hydrogen) atoms. The molecule has 0 unspecified atom stereocenters. The van der Waals surface area contributed by atoms with Gasteiger partial charge in [0.2, 0.25) is 0 Å². The minimum Gasteiger partial charge on any atom is -0.300 e. The van der Waals surface area contributed by atoms with Crippen LogP contribution in [-0.4, -0.2) is 18.2 Å². The zero-order valence-electron chi connectivity index (χ0n) is 9.09. The molecule has 1 aliphatic heterocycles. The van der Waals surface area contributed by atoms with Crippen molar-refractivity contribution in [1.82, 2.24) is 0 Å². The quantitative estimate of drug-likeness (QED) is 0.622. The topological polar surface area (TPSA) is 37.4 Å². The Labute approximate surface area is 106 Å². The van der Waals surface area contributed by atoms with Crippen molar-refractivity contribution in [2.75, 3.05) is 11.4 Å². The molecule has 2 rings (SSSR count). The summed E-state index contributed by atoms with van der Waals surface area (Å²) in [5, 5.41) is 0. The molecule has 0 fully saturated rings. The first-order chi connectivity index (χ1) is 7.91. The number of Topliss-reactive ketones (excluding diaryl/α,β-unsaturated/α-hetero) is 1. The van der Waals surface area contributed by atoms with Gasteiger partial charge in [0.15, 0.2) is 0 Å². The number of nitrogens with zero attached hydrogens (tertiary/aromatic N) is 1. The summed E-state index contributed by atoms with van der Waals surface area (Å²) in [5.74, 6) is -1.87. The Bertz CT molecular complexity index is 554. The molecule has 5 heteroatoms. The number of hydrogen-bond acceptors (Lipinski definition) is 2. The maximum absolute atomic E-state index is 13.2. The molecule has 1 aliphatic rings. The summed E-state index contributed by atoms with van der Waals surface area (Å²) in [6.07, 6.45) is 0. The van der Waals surface area contributed by atoms with Gasteiger partial charge in [0.05, 0.1) is 11.3 Å². The number of carbonyl (C=O) groups excluding carboxylic acids is 2. The standard InChI is InChI=1S/C12H9BrFNO2/c1-6(2)5-15-10-8(11(16)12(15)17)3-7(14)4-9(10)13/h3-4H,1,5H2,2H3. The van der Waals surface area contributed by atoms with E-state index in [4.69, 9.17) is 0 Å². The van der Waals surface area contributed by atoms with Gasteiger partial charge in [-0.25, -0.2) is 4.39 Å². The van der Waals surface area contributed by atoms with Crippen molar-refractivity contribution >= 4 is 33.3 Å². The minimum atomic E-state index is -0.679. The zero-order valence-corrected chi connectivity index (χ0v) is 10.7. The van der Waals surface area contributed by atoms with Crippen molar-refractivity contribution in [3.05, 3.63) is 40.1 Å². The molecule has 1 heterocycles. The number of rotatable bonds is 2. The Balaban J connectivity index is 2.60. The summed E-state index contributed by atoms with van der Waals surface area (Å²) >= 11 is 3.17. The summed E-state index contributed by atoms with van der Waals surface area (Å²) in [6.45, 7) is 5.71. The fraction of sp³-hybridized carbons (Fsp3) is 0.167. The molecule has 0 spiro atoms. The van der Waals surface area contributed by atoms with Crippen molar-refractivity contribution < 1.29 is 14.0 Å². The van der Waals surface area contributed by atoms with Crippen LogP contribution in [0.15, 0.2) is 28.8 Å². The summed E-state index contributed by atoms with van der Waals surface area (Å²) in [5.41, 5.74) is 1.27. The van der Waals surface area contributed by atoms with Crippen LogP contribution in [0.5, 0.6) is 0 Å². The first-order valence-electron chi connectivity index (χ1n) is 4.91. The third kappa shape index (κ3) is 1.91. The van der Waals surface area contributed by atoms with Gasteiger partial charge in [-0.05, 0) is 35.0 Å². The summed E-state index contributed by atoms with van der Waals surface area (Å²) in [7, 11) is 0. The lowest BCUT2D eigenvalue weighted by atomic mass is 10.1. The van der Waals surface area contributed by atoms with E-state index in [2.05, 4.69) is 22.5 Å². The molecule has 1 aromatic rings. The van der Waals surface area contributed by atoms with Crippen molar-refractivity contribution in [2.24, 2.45) is 0 Å². The largest absolute Gasteiger partial charge is 0.300 e. The van der Waals surface area contributed by atoms with Gasteiger partial charge in [0, 0.05) is 11.0 Å². The highest BCUT2D eigenvalue weighted by molar-refractivity contribution is 9.10. The smallest absolute Gasteiger partial charge is 0.299 e. The Morgan fingerprint density at radius 2 is 2.12 bits per heavy atom. The van der Waals surface area contributed by atoms with E-state index in [1.807, 2.05) is 0 Å². The predicted molar refractivity (Wildman–Crippen MR) is 65.6 cm³/mol. The van der Waals surface area contributed by atoms with Crippen LogP contribution in [0.3, 0.4) is 0 Å². The molecular formula is C12H9BrFNO2. The number of halogens is 2. The van der Waals surface area contributed by atoms with Crippen molar-refractivity contribution in [3.8, 4) is 0 Å². The lowest BCUT2D eigenvalue weighted by molar-refractivity contribution is -0.114. The van der Waals surface area contributed by atoms with Crippen LogP contribution in [0.25, 0.3) is 0 Å². The molecule has 0 bridgehead atoms. The number of amides is 1. The third-order valence-corrected chi connectivity index (χ3v) is 3.01. The highest BCUT2D eigenvalue weighted by atomic mass is 79.9. The first-order valence-corrected chi connectivity index (χ1v) is 5.70. The van der Waals surface area contributed by atoms with E-state index in [0.29, 0.717) is 10.2 Å². The molecule has 0 aliphatic carbocycles. The lowest BCUT2D eigenvalue weighted by Crippen LogP contribution is -2.31. The van der Waals surface area contributed by atoms with Gasteiger partial charge < -0.3 is 0 Å². The summed E-state index contributed by atoms with van der Waals surface area (Å²) < 4.78 is 13.6. The average Bonchev–Trinajstić information content (AvgIpc) is 2.43. The van der Waals surface area contributed by atoms with Crippen LogP contribution < -0.4 is 4.90 Å². The van der Waals surface area contributed by atoms with Gasteiger partial charge in [-0.1, -0.05) is 12.2 Å². The van der Waals surface area contributed by atoms with Gasteiger partial charge in [0.1, 0.15) is 5.82 Å². The molecule has 0 aromatic heterocycles. The van der Waals surface area contributed by atoms with E-state index in [1.54, 1.807) is 6.92 Å². The number of carbonyl (C=O) groups is 2. The SMILES string of the molecule is C=C(C)CN1C(=O)C(=O)c2cc(F)cc(Br)c21. The highest BCUT2D eigenvalue weighted by Crippen LogP contribution is 2.37. The minimum absolute atomic E-state index is 0.100. The molecule has 1 aromatic carbocycles. The van der Waals surface area contributed by atoms with Gasteiger partial charge >= 0.3 is 0 Å². The predicted octanol–water partition coefficient (Wildman–Crippen LogP) is 2.69. The number of benzene rings is 1. The maximum Gasteiger partial charge on any atom is 0.299 e. The second-order valence-electron chi connectivity index (χ2n) is 3.96. The normalized spacial score (nSPS) is 14.2. The fourth-order valence-corrected chi connectivity index (χ4v) is 2.42. The van der Waals surface area contributed by atoms with E-state index in [0.717, 1.165) is 11.6 Å². The van der Waals surface area contributed by atoms with Crippen molar-refractivity contribution in [3.63, 3.8) is 0 Å². The molecule has 1 amide bonds. The second-order valence-corrected chi connectivity index (χ2v) is 4.82. The lowest BCUT2D eigenvalue weighted by Gasteiger charge is -2.17. The Hall–Kier alpha value is -1.49. The number of anilines is 1. The number of hydrogen-bond donors (Lipinski definition) is 0. The first kappa shape index (κ1) is 12.0. The van der Waals surface area contributed by atoms with Crippen molar-refractivity contribution in [1.29, 1.82) is 0 Å². The average molecular weight is 298 g/mol. The molecular weight excluding hydrogens is 289 g/mol. The molecule has 88 valence electrons.